The summed E-state index contributed by atoms with van der Waals surface area (Å²) in [7, 11) is 3.07. The Morgan fingerprint density at radius 2 is 1.67 bits per heavy atom. The van der Waals surface area contributed by atoms with Crippen LogP contribution in [0.4, 0.5) is 0 Å². The minimum Gasteiger partial charge on any atom is -0.506 e. The lowest BCUT2D eigenvalue weighted by atomic mass is 10.0. The number of rotatable bonds is 4. The van der Waals surface area contributed by atoms with E-state index in [0.717, 1.165) is 0 Å². The molecule has 0 aliphatic heterocycles. The van der Waals surface area contributed by atoms with E-state index >= 15 is 0 Å². The number of aromatic hydroxyl groups is 1. The minimum absolute atomic E-state index is 0.162. The van der Waals surface area contributed by atoms with Crippen LogP contribution in [0.3, 0.4) is 0 Å². The summed E-state index contributed by atoms with van der Waals surface area (Å²) < 4.78 is 11.7. The highest BCUT2D eigenvalue weighted by molar-refractivity contribution is 14.1. The van der Waals surface area contributed by atoms with Crippen molar-refractivity contribution in [2.24, 2.45) is 0 Å². The predicted octanol–water partition coefficient (Wildman–Crippen LogP) is 3.85. The zero-order valence-electron chi connectivity index (χ0n) is 11.3. The van der Waals surface area contributed by atoms with Crippen molar-refractivity contribution in [2.75, 3.05) is 14.2 Å². The third-order valence-corrected chi connectivity index (χ3v) is 4.58. The van der Waals surface area contributed by atoms with Crippen LogP contribution >= 0.6 is 45.2 Å². The van der Waals surface area contributed by atoms with Gasteiger partial charge in [0.15, 0.2) is 5.78 Å². The number of phenols is 1. The maximum Gasteiger partial charge on any atom is 0.196 e. The molecular formula is C15H12I2O4. The Morgan fingerprint density at radius 3 is 2.19 bits per heavy atom. The molecule has 0 aliphatic rings. The zero-order valence-corrected chi connectivity index (χ0v) is 15.6. The topological polar surface area (TPSA) is 55.8 Å². The van der Waals surface area contributed by atoms with Gasteiger partial charge in [-0.25, -0.2) is 0 Å². The number of carbonyl (C=O) groups is 1. The lowest BCUT2D eigenvalue weighted by Crippen LogP contribution is -2.05. The van der Waals surface area contributed by atoms with Crippen molar-refractivity contribution in [3.63, 3.8) is 0 Å². The molecule has 2 rings (SSSR count). The van der Waals surface area contributed by atoms with Crippen LogP contribution < -0.4 is 9.47 Å². The van der Waals surface area contributed by atoms with Gasteiger partial charge in [0.2, 0.25) is 0 Å². The van der Waals surface area contributed by atoms with Crippen LogP contribution in [0.2, 0.25) is 0 Å². The van der Waals surface area contributed by atoms with Crippen LogP contribution in [-0.4, -0.2) is 25.1 Å². The van der Waals surface area contributed by atoms with Gasteiger partial charge in [-0.15, -0.1) is 0 Å². The Morgan fingerprint density at radius 1 is 1.05 bits per heavy atom. The van der Waals surface area contributed by atoms with Crippen LogP contribution in [0.1, 0.15) is 15.9 Å². The maximum atomic E-state index is 12.6. The Kier molecular flexibility index (Phi) is 5.31. The van der Waals surface area contributed by atoms with E-state index in [1.165, 1.54) is 7.11 Å². The molecule has 0 aromatic heterocycles. The molecule has 0 heterocycles. The monoisotopic (exact) mass is 510 g/mol. The Hall–Kier alpha value is -1.03. The summed E-state index contributed by atoms with van der Waals surface area (Å²) in [6.07, 6.45) is 0. The van der Waals surface area contributed by atoms with E-state index in [-0.39, 0.29) is 11.5 Å². The molecule has 0 saturated heterocycles. The number of carbonyl (C=O) groups excluding carboxylic acids is 1. The van der Waals surface area contributed by atoms with E-state index in [4.69, 9.17) is 9.47 Å². The van der Waals surface area contributed by atoms with Gasteiger partial charge in [0.25, 0.3) is 0 Å². The lowest BCUT2D eigenvalue weighted by Gasteiger charge is -2.10. The number of benzene rings is 2. The molecule has 2 aromatic carbocycles. The highest BCUT2D eigenvalue weighted by atomic mass is 127. The van der Waals surface area contributed by atoms with Gasteiger partial charge in [0.05, 0.1) is 26.9 Å². The molecule has 0 aliphatic carbocycles. The standard InChI is InChI=1S/C15H12I2O4/c1-20-9-3-4-10(13(7-9)21-2)14(18)8-5-11(16)15(19)12(17)6-8/h3-7,19H,1-2H3. The molecule has 1 N–H and O–H groups in total. The molecule has 21 heavy (non-hydrogen) atoms. The smallest absolute Gasteiger partial charge is 0.196 e. The van der Waals surface area contributed by atoms with E-state index in [0.29, 0.717) is 29.8 Å². The van der Waals surface area contributed by atoms with Crippen molar-refractivity contribution in [1.29, 1.82) is 0 Å². The average Bonchev–Trinajstić information content (AvgIpc) is 2.50. The minimum atomic E-state index is -0.162. The first-order chi connectivity index (χ1) is 9.97. The Bertz CT molecular complexity index is 675. The quantitative estimate of drug-likeness (QED) is 0.502. The molecule has 0 saturated carbocycles. The molecule has 0 unspecified atom stereocenters. The summed E-state index contributed by atoms with van der Waals surface area (Å²) >= 11 is 4.00. The van der Waals surface area contributed by atoms with Crippen molar-refractivity contribution in [3.8, 4) is 17.2 Å². The van der Waals surface area contributed by atoms with Crippen molar-refractivity contribution < 1.29 is 19.4 Å². The van der Waals surface area contributed by atoms with E-state index < -0.39 is 0 Å². The second-order valence-corrected chi connectivity index (χ2v) is 6.51. The number of hydrogen-bond acceptors (Lipinski definition) is 4. The fourth-order valence-electron chi connectivity index (χ4n) is 1.84. The van der Waals surface area contributed by atoms with Crippen molar-refractivity contribution >= 4 is 51.0 Å². The molecule has 0 bridgehead atoms. The van der Waals surface area contributed by atoms with E-state index in [1.54, 1.807) is 37.4 Å². The van der Waals surface area contributed by atoms with Crippen LogP contribution in [0.5, 0.6) is 17.2 Å². The highest BCUT2D eigenvalue weighted by Gasteiger charge is 2.18. The van der Waals surface area contributed by atoms with Crippen LogP contribution in [0.25, 0.3) is 0 Å². The van der Waals surface area contributed by atoms with Crippen molar-refractivity contribution in [1.82, 2.24) is 0 Å². The summed E-state index contributed by atoms with van der Waals surface area (Å²) in [5.41, 5.74) is 0.959. The molecule has 4 nitrogen and oxygen atoms in total. The first kappa shape index (κ1) is 16.3. The largest absolute Gasteiger partial charge is 0.506 e. The summed E-state index contributed by atoms with van der Waals surface area (Å²) in [6.45, 7) is 0. The fourth-order valence-corrected chi connectivity index (χ4v) is 3.61. The molecular weight excluding hydrogens is 498 g/mol. The summed E-state index contributed by atoms with van der Waals surface area (Å²) in [5.74, 6) is 1.11. The van der Waals surface area contributed by atoms with E-state index in [9.17, 15) is 9.90 Å². The van der Waals surface area contributed by atoms with Gasteiger partial charge in [0.1, 0.15) is 17.2 Å². The third-order valence-electron chi connectivity index (χ3n) is 2.93. The second kappa shape index (κ2) is 6.82. The van der Waals surface area contributed by atoms with Crippen molar-refractivity contribution in [2.45, 2.75) is 0 Å². The molecule has 0 atom stereocenters. The first-order valence-electron chi connectivity index (χ1n) is 5.92. The maximum absolute atomic E-state index is 12.6. The molecule has 2 aromatic rings. The van der Waals surface area contributed by atoms with Crippen LogP contribution in [0.15, 0.2) is 30.3 Å². The summed E-state index contributed by atoms with van der Waals surface area (Å²) in [6, 6.07) is 8.37. The number of hydrogen-bond donors (Lipinski definition) is 1. The van der Waals surface area contributed by atoms with Gasteiger partial charge in [-0.1, -0.05) is 0 Å². The number of phenolic OH excluding ortho intramolecular Hbond substituents is 1. The number of ketones is 1. The number of ether oxygens (including phenoxy) is 2. The van der Waals surface area contributed by atoms with Gasteiger partial charge in [-0.05, 0) is 69.4 Å². The van der Waals surface area contributed by atoms with Gasteiger partial charge in [-0.2, -0.15) is 0 Å². The molecule has 0 radical (unpaired) electrons. The van der Waals surface area contributed by atoms with E-state index in [1.807, 2.05) is 45.2 Å². The van der Waals surface area contributed by atoms with Crippen LogP contribution in [0, 0.1) is 7.14 Å². The number of halogens is 2. The molecule has 110 valence electrons. The molecule has 6 heteroatoms. The Labute approximate surface area is 149 Å². The van der Waals surface area contributed by atoms with E-state index in [2.05, 4.69) is 0 Å². The normalized spacial score (nSPS) is 10.3. The lowest BCUT2D eigenvalue weighted by molar-refractivity contribution is 0.103. The van der Waals surface area contributed by atoms with Gasteiger partial charge in [-0.3, -0.25) is 4.79 Å². The van der Waals surface area contributed by atoms with Crippen LogP contribution in [-0.2, 0) is 0 Å². The average molecular weight is 510 g/mol. The predicted molar refractivity (Wildman–Crippen MR) is 96.5 cm³/mol. The first-order valence-corrected chi connectivity index (χ1v) is 8.08. The van der Waals surface area contributed by atoms with Gasteiger partial charge >= 0.3 is 0 Å². The summed E-state index contributed by atoms with van der Waals surface area (Å²) in [4.78, 5) is 12.6. The molecule has 0 amide bonds. The third kappa shape index (κ3) is 3.42. The number of methoxy groups -OCH3 is 2. The van der Waals surface area contributed by atoms with Gasteiger partial charge in [0, 0.05) is 11.6 Å². The molecule has 0 fully saturated rings. The fraction of sp³-hybridized carbons (Fsp3) is 0.133. The summed E-state index contributed by atoms with van der Waals surface area (Å²) in [5, 5.41) is 9.78. The highest BCUT2D eigenvalue weighted by Crippen LogP contribution is 2.31. The van der Waals surface area contributed by atoms with Crippen molar-refractivity contribution in [3.05, 3.63) is 48.6 Å². The second-order valence-electron chi connectivity index (χ2n) is 4.18. The molecule has 0 spiro atoms. The SMILES string of the molecule is COc1ccc(C(=O)c2cc(I)c(O)c(I)c2)c(OC)c1. The van der Waals surface area contributed by atoms with Gasteiger partial charge < -0.3 is 14.6 Å². The Balaban J connectivity index is 2.49. The zero-order chi connectivity index (χ0) is 15.6.